The number of nitrogens with zero attached hydrogens (tertiary/aromatic N) is 1. The van der Waals surface area contributed by atoms with Crippen LogP contribution in [0, 0.1) is 0 Å². The van der Waals surface area contributed by atoms with Crippen LogP contribution in [0.2, 0.25) is 0 Å². The quantitative estimate of drug-likeness (QED) is 0.182. The molecule has 0 saturated carbocycles. The first-order chi connectivity index (χ1) is 26.3. The SMILES string of the molecule is c1ccc2c(c1)oc1c(N(c3ccc(-c4cccc5c4sc4c5ccc5sc6ccccc6c54)cc3)c3cccc4c3oc3ccccc34)cccc12. The molecule has 0 N–H and O–H groups in total. The number of para-hydroxylation sites is 4. The van der Waals surface area contributed by atoms with Crippen LogP contribution in [0.4, 0.5) is 17.1 Å². The predicted octanol–water partition coefficient (Wildman–Crippen LogP) is 15.4. The van der Waals surface area contributed by atoms with Crippen molar-refractivity contribution in [3.05, 3.63) is 164 Å². The fraction of sp³-hybridized carbons (Fsp3) is 0. The first-order valence-corrected chi connectivity index (χ1v) is 19.4. The van der Waals surface area contributed by atoms with Gasteiger partial charge >= 0.3 is 0 Å². The highest BCUT2D eigenvalue weighted by molar-refractivity contribution is 7.30. The van der Waals surface area contributed by atoms with Gasteiger partial charge in [0.15, 0.2) is 11.2 Å². The molecule has 0 aliphatic rings. The molecule has 0 fully saturated rings. The zero-order chi connectivity index (χ0) is 34.6. The van der Waals surface area contributed by atoms with E-state index in [0.29, 0.717) is 0 Å². The molecule has 0 radical (unpaired) electrons. The number of fused-ring (bicyclic) bond motifs is 13. The number of furan rings is 2. The monoisotopic (exact) mass is 713 g/mol. The Morgan fingerprint density at radius 1 is 0.377 bits per heavy atom. The smallest absolute Gasteiger partial charge is 0.159 e. The minimum Gasteiger partial charge on any atom is -0.454 e. The molecule has 0 atom stereocenters. The van der Waals surface area contributed by atoms with Crippen molar-refractivity contribution in [1.82, 2.24) is 0 Å². The predicted molar refractivity (Wildman–Crippen MR) is 227 cm³/mol. The van der Waals surface area contributed by atoms with Gasteiger partial charge in [-0.25, -0.2) is 0 Å². The number of rotatable bonds is 4. The Morgan fingerprint density at radius 3 is 1.64 bits per heavy atom. The largest absolute Gasteiger partial charge is 0.454 e. The normalized spacial score (nSPS) is 12.2. The first kappa shape index (κ1) is 29.2. The van der Waals surface area contributed by atoms with Gasteiger partial charge in [-0.3, -0.25) is 0 Å². The van der Waals surface area contributed by atoms with E-state index in [1.54, 1.807) is 0 Å². The van der Waals surface area contributed by atoms with Crippen LogP contribution in [0.5, 0.6) is 0 Å². The summed E-state index contributed by atoms with van der Waals surface area (Å²) in [6, 6.07) is 58.5. The molecule has 3 nitrogen and oxygen atoms in total. The molecule has 0 unspecified atom stereocenters. The lowest BCUT2D eigenvalue weighted by molar-refractivity contribution is 0.666. The molecule has 5 heteroatoms. The Morgan fingerprint density at radius 2 is 0.943 bits per heavy atom. The van der Waals surface area contributed by atoms with Gasteiger partial charge in [0.2, 0.25) is 0 Å². The summed E-state index contributed by atoms with van der Waals surface area (Å²) in [6.45, 7) is 0. The third kappa shape index (κ3) is 4.20. The fourth-order valence-corrected chi connectivity index (χ4v) is 10.9. The van der Waals surface area contributed by atoms with E-state index in [2.05, 4.69) is 144 Å². The van der Waals surface area contributed by atoms with Crippen LogP contribution in [0.1, 0.15) is 0 Å². The highest BCUT2D eigenvalue weighted by atomic mass is 32.1. The van der Waals surface area contributed by atoms with Gasteiger partial charge in [0.25, 0.3) is 0 Å². The maximum atomic E-state index is 6.63. The van der Waals surface area contributed by atoms with Crippen molar-refractivity contribution in [3.8, 4) is 11.1 Å². The van der Waals surface area contributed by atoms with E-state index in [1.165, 1.54) is 51.5 Å². The van der Waals surface area contributed by atoms with E-state index >= 15 is 0 Å². The highest BCUT2D eigenvalue weighted by Gasteiger charge is 2.23. The van der Waals surface area contributed by atoms with Crippen molar-refractivity contribution in [2.45, 2.75) is 0 Å². The van der Waals surface area contributed by atoms with Gasteiger partial charge in [0.05, 0.1) is 11.4 Å². The van der Waals surface area contributed by atoms with E-state index < -0.39 is 0 Å². The van der Waals surface area contributed by atoms with Gasteiger partial charge in [-0.15, -0.1) is 22.7 Å². The van der Waals surface area contributed by atoms with Gasteiger partial charge in [-0.2, -0.15) is 0 Å². The van der Waals surface area contributed by atoms with Crippen LogP contribution in [0.25, 0.3) is 95.3 Å². The van der Waals surface area contributed by atoms with Crippen LogP contribution in [-0.2, 0) is 0 Å². The van der Waals surface area contributed by atoms with Gasteiger partial charge in [-0.1, -0.05) is 115 Å². The number of hydrogen-bond acceptors (Lipinski definition) is 5. The van der Waals surface area contributed by atoms with E-state index in [-0.39, 0.29) is 0 Å². The molecule has 0 amide bonds. The summed E-state index contributed by atoms with van der Waals surface area (Å²) in [5.41, 5.74) is 8.78. The average molecular weight is 714 g/mol. The van der Waals surface area contributed by atoms with E-state index in [9.17, 15) is 0 Å². The van der Waals surface area contributed by atoms with Crippen molar-refractivity contribution in [3.63, 3.8) is 0 Å². The van der Waals surface area contributed by atoms with Crippen LogP contribution in [-0.4, -0.2) is 0 Å². The molecule has 0 aliphatic carbocycles. The first-order valence-electron chi connectivity index (χ1n) is 17.7. The summed E-state index contributed by atoms with van der Waals surface area (Å²) in [4.78, 5) is 2.29. The molecule has 0 saturated heterocycles. The Bertz CT molecular complexity index is 3300. The Kier molecular flexibility index (Phi) is 6.09. The van der Waals surface area contributed by atoms with Crippen molar-refractivity contribution in [1.29, 1.82) is 0 Å². The fourth-order valence-electron chi connectivity index (χ4n) is 8.31. The molecule has 8 aromatic carbocycles. The minimum absolute atomic E-state index is 0.841. The van der Waals surface area contributed by atoms with E-state index in [0.717, 1.165) is 60.9 Å². The maximum absolute atomic E-state index is 6.63. The van der Waals surface area contributed by atoms with Gasteiger partial charge in [0, 0.05) is 67.6 Å². The van der Waals surface area contributed by atoms with Crippen LogP contribution in [0.15, 0.2) is 173 Å². The van der Waals surface area contributed by atoms with E-state index in [1.807, 2.05) is 46.9 Å². The lowest BCUT2D eigenvalue weighted by Crippen LogP contribution is -2.10. The topological polar surface area (TPSA) is 29.5 Å². The Labute approximate surface area is 311 Å². The standard InChI is InChI=1S/C48H27NO2S2/c1-4-19-40-31(10-1)33-14-8-17-38(45(33)50-40)49(39-18-9-15-34-32-11-2-5-20-41(32)51-46(34)39)29-24-22-28(23-25-29)30-13-7-16-35-36-26-27-43-44(48(36)53-47(30)35)37-12-3-6-21-42(37)52-43/h1-27H. The molecule has 0 spiro atoms. The molecular weight excluding hydrogens is 687 g/mol. The summed E-state index contributed by atoms with van der Waals surface area (Å²) in [5.74, 6) is 0. The average Bonchev–Trinajstić information content (AvgIpc) is 3.98. The molecule has 53 heavy (non-hydrogen) atoms. The number of thiophene rings is 2. The van der Waals surface area contributed by atoms with Crippen molar-refractivity contribution < 1.29 is 8.83 Å². The number of anilines is 3. The Balaban J connectivity index is 1.06. The zero-order valence-electron chi connectivity index (χ0n) is 28.2. The second-order valence-corrected chi connectivity index (χ2v) is 15.7. The van der Waals surface area contributed by atoms with Crippen LogP contribution >= 0.6 is 22.7 Å². The highest BCUT2D eigenvalue weighted by Crippen LogP contribution is 2.49. The molecule has 0 aliphatic heterocycles. The third-order valence-corrected chi connectivity index (χ3v) is 13.1. The summed E-state index contributed by atoms with van der Waals surface area (Å²) in [7, 11) is 0. The molecule has 0 bridgehead atoms. The molecule has 12 rings (SSSR count). The second-order valence-electron chi connectivity index (χ2n) is 13.6. The summed E-state index contributed by atoms with van der Waals surface area (Å²) < 4.78 is 18.6. The third-order valence-electron chi connectivity index (χ3n) is 10.7. The van der Waals surface area contributed by atoms with E-state index in [4.69, 9.17) is 8.83 Å². The molecule has 12 aromatic rings. The minimum atomic E-state index is 0.841. The number of hydrogen-bond donors (Lipinski definition) is 0. The molecule has 4 heterocycles. The van der Waals surface area contributed by atoms with Crippen molar-refractivity contribution >= 4 is 124 Å². The maximum Gasteiger partial charge on any atom is 0.159 e. The Hall–Kier alpha value is -6.40. The number of benzene rings is 8. The van der Waals surface area contributed by atoms with Crippen LogP contribution in [0.3, 0.4) is 0 Å². The molecule has 248 valence electrons. The van der Waals surface area contributed by atoms with Crippen molar-refractivity contribution in [2.75, 3.05) is 4.90 Å². The lowest BCUT2D eigenvalue weighted by Gasteiger charge is -2.25. The molecule has 4 aromatic heterocycles. The van der Waals surface area contributed by atoms with Crippen molar-refractivity contribution in [2.24, 2.45) is 0 Å². The van der Waals surface area contributed by atoms with Gasteiger partial charge in [0.1, 0.15) is 11.2 Å². The summed E-state index contributed by atoms with van der Waals surface area (Å²) >= 11 is 3.79. The summed E-state index contributed by atoms with van der Waals surface area (Å²) in [6.07, 6.45) is 0. The van der Waals surface area contributed by atoms with Gasteiger partial charge in [-0.05, 0) is 59.7 Å². The van der Waals surface area contributed by atoms with Crippen LogP contribution < -0.4 is 4.90 Å². The summed E-state index contributed by atoms with van der Waals surface area (Å²) in [5, 5.41) is 9.72. The lowest BCUT2D eigenvalue weighted by atomic mass is 10.0. The second kappa shape index (κ2) is 11.1. The zero-order valence-corrected chi connectivity index (χ0v) is 29.8. The van der Waals surface area contributed by atoms with Gasteiger partial charge < -0.3 is 13.7 Å². The molecular formula is C48H27NO2S2.